The maximum absolute atomic E-state index is 8.54. The third-order valence-corrected chi connectivity index (χ3v) is 2.71. The topological polar surface area (TPSA) is 23.8 Å². The molecule has 0 aromatic carbocycles. The Kier molecular flexibility index (Phi) is 2.53. The van der Waals surface area contributed by atoms with Gasteiger partial charge in [-0.25, -0.2) is 0 Å². The van der Waals surface area contributed by atoms with E-state index in [4.69, 9.17) is 16.9 Å². The number of nitriles is 1. The summed E-state index contributed by atoms with van der Waals surface area (Å²) in [4.78, 5) is 0. The van der Waals surface area contributed by atoms with E-state index in [1.807, 2.05) is 6.08 Å². The van der Waals surface area contributed by atoms with Gasteiger partial charge in [0.25, 0.3) is 0 Å². The first-order valence-corrected chi connectivity index (χ1v) is 4.07. The first-order valence-electron chi connectivity index (χ1n) is 2.90. The Labute approximate surface area is 73.1 Å². The SMILES string of the molecule is N#CC1=C(Cl)C(Br)=CCC1. The number of halogens is 2. The van der Waals surface area contributed by atoms with Gasteiger partial charge in [-0.1, -0.05) is 17.7 Å². The van der Waals surface area contributed by atoms with Crippen molar-refractivity contribution in [3.05, 3.63) is 21.2 Å². The van der Waals surface area contributed by atoms with Crippen LogP contribution in [0.25, 0.3) is 0 Å². The molecule has 0 aliphatic heterocycles. The van der Waals surface area contributed by atoms with Crippen molar-refractivity contribution in [2.45, 2.75) is 12.8 Å². The van der Waals surface area contributed by atoms with Gasteiger partial charge in [0, 0.05) is 10.1 Å². The molecule has 3 heteroatoms. The van der Waals surface area contributed by atoms with E-state index in [9.17, 15) is 0 Å². The summed E-state index contributed by atoms with van der Waals surface area (Å²) >= 11 is 9.03. The first kappa shape index (κ1) is 7.84. The van der Waals surface area contributed by atoms with Gasteiger partial charge in [0.15, 0.2) is 0 Å². The van der Waals surface area contributed by atoms with Crippen molar-refractivity contribution < 1.29 is 0 Å². The number of hydrogen-bond donors (Lipinski definition) is 0. The van der Waals surface area contributed by atoms with Crippen LogP contribution < -0.4 is 0 Å². The number of rotatable bonds is 0. The largest absolute Gasteiger partial charge is 0.193 e. The second kappa shape index (κ2) is 3.23. The summed E-state index contributed by atoms with van der Waals surface area (Å²) in [6, 6.07) is 2.06. The van der Waals surface area contributed by atoms with Crippen LogP contribution in [-0.2, 0) is 0 Å². The van der Waals surface area contributed by atoms with Gasteiger partial charge in [-0.15, -0.1) is 0 Å². The minimum atomic E-state index is 0.564. The van der Waals surface area contributed by atoms with Crippen molar-refractivity contribution in [3.8, 4) is 6.07 Å². The van der Waals surface area contributed by atoms with Crippen LogP contribution in [0, 0.1) is 11.3 Å². The molecule has 1 aliphatic carbocycles. The molecule has 0 bridgehead atoms. The van der Waals surface area contributed by atoms with Crippen molar-refractivity contribution >= 4 is 27.5 Å². The van der Waals surface area contributed by atoms with Gasteiger partial charge in [-0.2, -0.15) is 5.26 Å². The Morgan fingerprint density at radius 2 is 2.40 bits per heavy atom. The molecule has 1 rings (SSSR count). The summed E-state index contributed by atoms with van der Waals surface area (Å²) in [5.74, 6) is 0. The van der Waals surface area contributed by atoms with Crippen molar-refractivity contribution in [2.24, 2.45) is 0 Å². The average Bonchev–Trinajstić information content (AvgIpc) is 1.95. The van der Waals surface area contributed by atoms with E-state index in [1.165, 1.54) is 0 Å². The molecule has 0 atom stereocenters. The van der Waals surface area contributed by atoms with Crippen LogP contribution in [0.1, 0.15) is 12.8 Å². The Balaban J connectivity index is 2.99. The third kappa shape index (κ3) is 1.42. The van der Waals surface area contributed by atoms with Gasteiger partial charge in [0.2, 0.25) is 0 Å². The zero-order valence-corrected chi connectivity index (χ0v) is 7.54. The maximum atomic E-state index is 8.54. The predicted octanol–water partition coefficient (Wildman–Crippen LogP) is 3.08. The number of hydrogen-bond acceptors (Lipinski definition) is 1. The van der Waals surface area contributed by atoms with Crippen molar-refractivity contribution in [2.75, 3.05) is 0 Å². The molecular formula is C7H5BrClN. The average molecular weight is 218 g/mol. The maximum Gasteiger partial charge on any atom is 0.0963 e. The van der Waals surface area contributed by atoms with Gasteiger partial charge in [0.1, 0.15) is 0 Å². The molecule has 1 nitrogen and oxygen atoms in total. The summed E-state index contributed by atoms with van der Waals surface area (Å²) in [7, 11) is 0. The Morgan fingerprint density at radius 1 is 1.70 bits per heavy atom. The Hall–Kier alpha value is -0.260. The molecule has 0 spiro atoms. The monoisotopic (exact) mass is 217 g/mol. The molecule has 0 aromatic rings. The summed E-state index contributed by atoms with van der Waals surface area (Å²) in [5, 5.41) is 9.10. The summed E-state index contributed by atoms with van der Waals surface area (Å²) in [6.07, 6.45) is 3.65. The molecule has 0 saturated heterocycles. The standard InChI is InChI=1S/C7H5BrClN/c8-6-3-1-2-5(4-10)7(6)9/h3H,1-2H2. The van der Waals surface area contributed by atoms with E-state index in [2.05, 4.69) is 22.0 Å². The van der Waals surface area contributed by atoms with Gasteiger partial charge in [-0.3, -0.25) is 0 Å². The molecule has 0 unspecified atom stereocenters. The molecule has 0 aromatic heterocycles. The first-order chi connectivity index (χ1) is 4.75. The van der Waals surface area contributed by atoms with Crippen molar-refractivity contribution in [3.63, 3.8) is 0 Å². The molecule has 52 valence electrons. The van der Waals surface area contributed by atoms with E-state index in [-0.39, 0.29) is 0 Å². The highest BCUT2D eigenvalue weighted by molar-refractivity contribution is 9.12. The molecule has 0 radical (unpaired) electrons. The number of nitrogens with zero attached hydrogens (tertiary/aromatic N) is 1. The van der Waals surface area contributed by atoms with Crippen LogP contribution in [0.5, 0.6) is 0 Å². The van der Waals surface area contributed by atoms with Crippen LogP contribution in [-0.4, -0.2) is 0 Å². The Morgan fingerprint density at radius 3 is 2.90 bits per heavy atom. The summed E-state index contributed by atoms with van der Waals surface area (Å²) < 4.78 is 0.844. The van der Waals surface area contributed by atoms with Crippen molar-refractivity contribution in [1.82, 2.24) is 0 Å². The molecule has 0 saturated carbocycles. The van der Waals surface area contributed by atoms with Crippen LogP contribution in [0.15, 0.2) is 21.2 Å². The van der Waals surface area contributed by atoms with E-state index in [1.54, 1.807) is 0 Å². The van der Waals surface area contributed by atoms with Crippen LogP contribution in [0.4, 0.5) is 0 Å². The highest BCUT2D eigenvalue weighted by Gasteiger charge is 2.10. The predicted molar refractivity (Wildman–Crippen MR) is 44.7 cm³/mol. The zero-order valence-electron chi connectivity index (χ0n) is 5.19. The minimum absolute atomic E-state index is 0.564. The molecule has 0 fully saturated rings. The molecule has 0 N–H and O–H groups in total. The second-order valence-corrected chi connectivity index (χ2v) is 3.23. The molecule has 0 amide bonds. The van der Waals surface area contributed by atoms with Crippen LogP contribution >= 0.6 is 27.5 Å². The Bertz CT molecular complexity index is 247. The smallest absolute Gasteiger partial charge is 0.0963 e. The molecule has 10 heavy (non-hydrogen) atoms. The summed E-state index contributed by atoms with van der Waals surface area (Å²) in [6.45, 7) is 0. The lowest BCUT2D eigenvalue weighted by atomic mass is 10.1. The minimum Gasteiger partial charge on any atom is -0.193 e. The van der Waals surface area contributed by atoms with Gasteiger partial charge < -0.3 is 0 Å². The van der Waals surface area contributed by atoms with Gasteiger partial charge in [-0.05, 0) is 28.8 Å². The fourth-order valence-electron chi connectivity index (χ4n) is 0.792. The molecular weight excluding hydrogens is 213 g/mol. The molecule has 0 heterocycles. The van der Waals surface area contributed by atoms with E-state index < -0.39 is 0 Å². The quantitative estimate of drug-likeness (QED) is 0.613. The zero-order chi connectivity index (χ0) is 7.56. The lowest BCUT2D eigenvalue weighted by Crippen LogP contribution is -1.90. The summed E-state index contributed by atoms with van der Waals surface area (Å²) in [5.41, 5.74) is 0.677. The lowest BCUT2D eigenvalue weighted by Gasteiger charge is -2.06. The van der Waals surface area contributed by atoms with Crippen molar-refractivity contribution in [1.29, 1.82) is 5.26 Å². The second-order valence-electron chi connectivity index (χ2n) is 2.00. The fourth-order valence-corrected chi connectivity index (χ4v) is 1.47. The number of allylic oxidation sites excluding steroid dienone is 4. The van der Waals surface area contributed by atoms with E-state index in [0.717, 1.165) is 17.3 Å². The van der Waals surface area contributed by atoms with E-state index in [0.29, 0.717) is 10.6 Å². The van der Waals surface area contributed by atoms with Crippen LogP contribution in [0.3, 0.4) is 0 Å². The van der Waals surface area contributed by atoms with E-state index >= 15 is 0 Å². The van der Waals surface area contributed by atoms with Gasteiger partial charge in [0.05, 0.1) is 11.1 Å². The fraction of sp³-hybridized carbons (Fsp3) is 0.286. The molecule has 1 aliphatic rings. The third-order valence-electron chi connectivity index (χ3n) is 1.33. The normalized spacial score (nSPS) is 18.3. The highest BCUT2D eigenvalue weighted by Crippen LogP contribution is 2.31. The van der Waals surface area contributed by atoms with Crippen LogP contribution in [0.2, 0.25) is 0 Å². The lowest BCUT2D eigenvalue weighted by molar-refractivity contribution is 0.986. The highest BCUT2D eigenvalue weighted by atomic mass is 79.9. The van der Waals surface area contributed by atoms with Gasteiger partial charge >= 0.3 is 0 Å².